The van der Waals surface area contributed by atoms with Gasteiger partial charge in [-0.1, -0.05) is 59.2 Å². The summed E-state index contributed by atoms with van der Waals surface area (Å²) in [6.45, 7) is 0. The van der Waals surface area contributed by atoms with Crippen LogP contribution in [0.4, 0.5) is 5.69 Å². The Labute approximate surface area is 149 Å². The molecular weight excluding hydrogens is 361 g/mol. The van der Waals surface area contributed by atoms with E-state index in [0.29, 0.717) is 15.8 Å². The van der Waals surface area contributed by atoms with Crippen molar-refractivity contribution in [3.05, 3.63) is 64.1 Å². The Morgan fingerprint density at radius 1 is 1.00 bits per heavy atom. The number of rotatable bonds is 2. The quantitative estimate of drug-likeness (QED) is 0.773. The minimum atomic E-state index is 0. The summed E-state index contributed by atoms with van der Waals surface area (Å²) in [5.74, 6) is 0.708. The Morgan fingerprint density at radius 2 is 1.77 bits per heavy atom. The molecule has 0 atom stereocenters. The van der Waals surface area contributed by atoms with E-state index in [1.807, 2.05) is 36.4 Å². The average Bonchev–Trinajstić information content (AvgIpc) is 2.49. The van der Waals surface area contributed by atoms with Gasteiger partial charge in [-0.2, -0.15) is 5.10 Å². The average molecular weight is 373 g/mol. The van der Waals surface area contributed by atoms with Crippen LogP contribution in [0.1, 0.15) is 5.56 Å². The van der Waals surface area contributed by atoms with E-state index < -0.39 is 0 Å². The van der Waals surface area contributed by atoms with E-state index in [2.05, 4.69) is 15.5 Å². The minimum Gasteiger partial charge on any atom is -0.333 e. The summed E-state index contributed by atoms with van der Waals surface area (Å²) in [6, 6.07) is 15.3. The van der Waals surface area contributed by atoms with Crippen molar-refractivity contribution in [2.45, 2.75) is 0 Å². The van der Waals surface area contributed by atoms with Crippen LogP contribution in [0.5, 0.6) is 0 Å². The van der Waals surface area contributed by atoms with Gasteiger partial charge in [0, 0.05) is 22.0 Å². The molecule has 0 aliphatic carbocycles. The maximum atomic E-state index is 6.19. The molecule has 114 valence electrons. The molecule has 0 unspecified atom stereocenters. The first-order valence-corrected chi connectivity index (χ1v) is 8.01. The topological polar surface area (TPSA) is 36.8 Å². The number of para-hydroxylation sites is 1. The fourth-order valence-electron chi connectivity index (χ4n) is 1.86. The molecule has 0 amide bonds. The second kappa shape index (κ2) is 7.88. The third-order valence-corrected chi connectivity index (χ3v) is 4.30. The molecule has 1 N–H and O–H groups in total. The van der Waals surface area contributed by atoms with Crippen LogP contribution in [-0.2, 0) is 0 Å². The number of thioether (sulfide) groups is 1. The third-order valence-electron chi connectivity index (χ3n) is 2.87. The van der Waals surface area contributed by atoms with Crippen molar-refractivity contribution < 1.29 is 0 Å². The molecular formula is C15H12Cl3N3S. The molecule has 1 heterocycles. The molecule has 2 aromatic rings. The number of nitrogens with one attached hydrogen (secondary N) is 1. The van der Waals surface area contributed by atoms with Gasteiger partial charge in [-0.05, 0) is 24.3 Å². The number of nitrogens with zero attached hydrogens (tertiary/aromatic N) is 2. The van der Waals surface area contributed by atoms with E-state index in [0.717, 1.165) is 22.1 Å². The Kier molecular flexibility index (Phi) is 6.15. The first kappa shape index (κ1) is 17.2. The Hall–Kier alpha value is -1.20. The van der Waals surface area contributed by atoms with Crippen LogP contribution in [0.25, 0.3) is 0 Å². The van der Waals surface area contributed by atoms with Gasteiger partial charge < -0.3 is 5.32 Å². The normalized spacial score (nSPS) is 13.7. The van der Waals surface area contributed by atoms with Gasteiger partial charge in [-0.25, -0.2) is 0 Å². The number of hydrogen-bond donors (Lipinski definition) is 1. The van der Waals surface area contributed by atoms with Gasteiger partial charge >= 0.3 is 0 Å². The van der Waals surface area contributed by atoms with Crippen molar-refractivity contribution in [2.75, 3.05) is 11.1 Å². The molecule has 0 radical (unpaired) electrons. The molecule has 0 bridgehead atoms. The lowest BCUT2D eigenvalue weighted by molar-refractivity contribution is 1.23. The van der Waals surface area contributed by atoms with Crippen molar-refractivity contribution in [2.24, 2.45) is 10.2 Å². The summed E-state index contributed by atoms with van der Waals surface area (Å²) in [6.07, 6.45) is 0. The third kappa shape index (κ3) is 4.17. The van der Waals surface area contributed by atoms with Crippen molar-refractivity contribution >= 4 is 63.9 Å². The second-order valence-corrected chi connectivity index (χ2v) is 6.16. The molecule has 0 saturated heterocycles. The van der Waals surface area contributed by atoms with E-state index in [9.17, 15) is 0 Å². The number of halogens is 3. The zero-order valence-electron chi connectivity index (χ0n) is 11.3. The van der Waals surface area contributed by atoms with E-state index >= 15 is 0 Å². The molecule has 2 aromatic carbocycles. The van der Waals surface area contributed by atoms with E-state index in [-0.39, 0.29) is 12.4 Å². The zero-order chi connectivity index (χ0) is 14.7. The lowest BCUT2D eigenvalue weighted by Crippen LogP contribution is -2.16. The van der Waals surface area contributed by atoms with Crippen LogP contribution in [0.2, 0.25) is 10.0 Å². The number of anilines is 1. The monoisotopic (exact) mass is 371 g/mol. The second-order valence-electron chi connectivity index (χ2n) is 4.36. The van der Waals surface area contributed by atoms with Gasteiger partial charge in [0.25, 0.3) is 0 Å². The van der Waals surface area contributed by atoms with E-state index in [1.54, 1.807) is 23.9 Å². The summed E-state index contributed by atoms with van der Waals surface area (Å²) >= 11 is 13.7. The highest BCUT2D eigenvalue weighted by molar-refractivity contribution is 8.14. The van der Waals surface area contributed by atoms with Crippen LogP contribution < -0.4 is 5.32 Å². The number of hydrogen-bond acceptors (Lipinski definition) is 4. The smallest absolute Gasteiger partial charge is 0.187 e. The SMILES string of the molecule is Cl.Clc1ccc(C2=NN=C(Nc3ccccc3)SC2)c(Cl)c1. The first-order valence-electron chi connectivity index (χ1n) is 6.27. The van der Waals surface area contributed by atoms with Gasteiger partial charge in [0.15, 0.2) is 5.17 Å². The predicted octanol–water partition coefficient (Wildman–Crippen LogP) is 5.33. The zero-order valence-corrected chi connectivity index (χ0v) is 14.4. The molecule has 0 fully saturated rings. The highest BCUT2D eigenvalue weighted by Gasteiger charge is 2.15. The Morgan fingerprint density at radius 3 is 2.41 bits per heavy atom. The maximum Gasteiger partial charge on any atom is 0.187 e. The summed E-state index contributed by atoms with van der Waals surface area (Å²) in [5.41, 5.74) is 2.71. The molecule has 1 aliphatic rings. The fraction of sp³-hybridized carbons (Fsp3) is 0.0667. The fourth-order valence-corrected chi connectivity index (χ4v) is 3.15. The number of benzene rings is 2. The summed E-state index contributed by atoms with van der Waals surface area (Å²) in [4.78, 5) is 0. The highest BCUT2D eigenvalue weighted by Crippen LogP contribution is 2.25. The molecule has 22 heavy (non-hydrogen) atoms. The highest BCUT2D eigenvalue weighted by atomic mass is 35.5. The molecule has 3 rings (SSSR count). The molecule has 3 nitrogen and oxygen atoms in total. The number of amidine groups is 1. The Bertz CT molecular complexity index is 717. The van der Waals surface area contributed by atoms with Crippen molar-refractivity contribution in [3.63, 3.8) is 0 Å². The molecule has 7 heteroatoms. The summed E-state index contributed by atoms with van der Waals surface area (Å²) in [7, 11) is 0. The standard InChI is InChI=1S/C15H11Cl2N3S.ClH/c16-10-6-7-12(13(17)8-10)14-9-21-15(20-19-14)18-11-4-2-1-3-5-11;/h1-8H,9H2,(H,18,20);1H. The van der Waals surface area contributed by atoms with Crippen LogP contribution in [0.15, 0.2) is 58.7 Å². The van der Waals surface area contributed by atoms with Crippen LogP contribution in [-0.4, -0.2) is 16.6 Å². The van der Waals surface area contributed by atoms with Crippen LogP contribution in [0.3, 0.4) is 0 Å². The molecule has 1 aliphatic heterocycles. The largest absolute Gasteiger partial charge is 0.333 e. The van der Waals surface area contributed by atoms with Crippen molar-refractivity contribution in [3.8, 4) is 0 Å². The molecule has 0 aromatic heterocycles. The van der Waals surface area contributed by atoms with E-state index in [1.165, 1.54) is 0 Å². The lowest BCUT2D eigenvalue weighted by atomic mass is 10.1. The van der Waals surface area contributed by atoms with Crippen molar-refractivity contribution in [1.82, 2.24) is 0 Å². The van der Waals surface area contributed by atoms with Gasteiger partial charge in [0.05, 0.1) is 10.7 Å². The Balaban J connectivity index is 0.00000176. The lowest BCUT2D eigenvalue weighted by Gasteiger charge is -2.14. The summed E-state index contributed by atoms with van der Waals surface area (Å²) < 4.78 is 0. The van der Waals surface area contributed by atoms with Crippen molar-refractivity contribution in [1.29, 1.82) is 0 Å². The van der Waals surface area contributed by atoms with Gasteiger partial charge in [0.2, 0.25) is 0 Å². The molecule has 0 saturated carbocycles. The van der Waals surface area contributed by atoms with Gasteiger partial charge in [-0.15, -0.1) is 17.5 Å². The summed E-state index contributed by atoms with van der Waals surface area (Å²) in [5, 5.41) is 13.7. The van der Waals surface area contributed by atoms with Crippen LogP contribution in [0, 0.1) is 0 Å². The van der Waals surface area contributed by atoms with Gasteiger partial charge in [-0.3, -0.25) is 0 Å². The van der Waals surface area contributed by atoms with Gasteiger partial charge in [0.1, 0.15) is 0 Å². The molecule has 0 spiro atoms. The predicted molar refractivity (Wildman–Crippen MR) is 100 cm³/mol. The minimum absolute atomic E-state index is 0. The first-order chi connectivity index (χ1) is 10.2. The van der Waals surface area contributed by atoms with E-state index in [4.69, 9.17) is 23.2 Å². The maximum absolute atomic E-state index is 6.19. The van der Waals surface area contributed by atoms with Crippen LogP contribution >= 0.6 is 47.4 Å².